The van der Waals surface area contributed by atoms with Crippen LogP contribution in [0.4, 0.5) is 5.69 Å². The number of nitrogens with one attached hydrogen (secondary N) is 1. The molecule has 0 atom stereocenters. The van der Waals surface area contributed by atoms with E-state index in [0.29, 0.717) is 11.4 Å². The van der Waals surface area contributed by atoms with E-state index in [1.807, 2.05) is 64.1 Å². The summed E-state index contributed by atoms with van der Waals surface area (Å²) in [5.74, 6) is 0.454. The summed E-state index contributed by atoms with van der Waals surface area (Å²) < 4.78 is 8.32. The van der Waals surface area contributed by atoms with Crippen molar-refractivity contribution in [3.05, 3.63) is 81.5 Å². The Balaban J connectivity index is 1.61. The summed E-state index contributed by atoms with van der Waals surface area (Å²) >= 11 is 0. The molecule has 158 valence electrons. The van der Waals surface area contributed by atoms with Crippen LogP contribution in [0, 0.1) is 27.7 Å². The second-order valence-electron chi connectivity index (χ2n) is 7.66. The number of hydrogen-bond donors (Lipinski definition) is 1. The highest BCUT2D eigenvalue weighted by Crippen LogP contribution is 2.24. The molecule has 8 nitrogen and oxygen atoms in total. The molecule has 4 rings (SSSR count). The van der Waals surface area contributed by atoms with E-state index in [1.54, 1.807) is 0 Å². The fourth-order valence-corrected chi connectivity index (χ4v) is 3.40. The number of ether oxygens (including phenoxy) is 1. The van der Waals surface area contributed by atoms with Gasteiger partial charge in [0.15, 0.2) is 0 Å². The number of benzene rings is 2. The van der Waals surface area contributed by atoms with Crippen LogP contribution >= 0.6 is 0 Å². The second kappa shape index (κ2) is 8.06. The van der Waals surface area contributed by atoms with Gasteiger partial charge in [-0.05, 0) is 68.1 Å². The van der Waals surface area contributed by atoms with Crippen LogP contribution in [0.2, 0.25) is 0 Å². The molecule has 0 aliphatic rings. The Morgan fingerprint density at radius 3 is 2.52 bits per heavy atom. The Morgan fingerprint density at radius 1 is 1.03 bits per heavy atom. The van der Waals surface area contributed by atoms with Gasteiger partial charge in [0.25, 0.3) is 5.88 Å². The van der Waals surface area contributed by atoms with Crippen LogP contribution in [-0.4, -0.2) is 25.1 Å². The summed E-state index contributed by atoms with van der Waals surface area (Å²) in [5.41, 5.74) is 4.58. The fourth-order valence-electron chi connectivity index (χ4n) is 3.40. The van der Waals surface area contributed by atoms with Crippen molar-refractivity contribution >= 4 is 17.2 Å². The zero-order chi connectivity index (χ0) is 22.1. The van der Waals surface area contributed by atoms with Crippen molar-refractivity contribution in [2.45, 2.75) is 34.2 Å². The first-order valence-electron chi connectivity index (χ1n) is 9.87. The number of nitrogens with zero attached hydrogens (tertiary/aromatic N) is 4. The van der Waals surface area contributed by atoms with Crippen LogP contribution in [0.3, 0.4) is 0 Å². The standard InChI is InChI=1S/C23H23N5O3/c1-14-5-6-17(4)19(12-14)25-20(29)13-28-23(30)27-8-7-24-22(21(27)26-28)31-18-10-15(2)9-16(3)11-18/h5-12H,13H2,1-4H3,(H,25,29). The molecule has 31 heavy (non-hydrogen) atoms. The average Bonchev–Trinajstić information content (AvgIpc) is 3.01. The maximum atomic E-state index is 12.8. The van der Waals surface area contributed by atoms with Crippen molar-refractivity contribution in [2.24, 2.45) is 0 Å². The van der Waals surface area contributed by atoms with Crippen molar-refractivity contribution in [3.8, 4) is 11.6 Å². The summed E-state index contributed by atoms with van der Waals surface area (Å²) in [6, 6.07) is 11.6. The Morgan fingerprint density at radius 2 is 1.77 bits per heavy atom. The maximum absolute atomic E-state index is 12.8. The first kappa shape index (κ1) is 20.3. The largest absolute Gasteiger partial charge is 0.436 e. The lowest BCUT2D eigenvalue weighted by molar-refractivity contribution is -0.117. The minimum atomic E-state index is -0.446. The van der Waals surface area contributed by atoms with E-state index in [9.17, 15) is 9.59 Å². The number of rotatable bonds is 5. The number of aryl methyl sites for hydroxylation is 4. The van der Waals surface area contributed by atoms with E-state index in [-0.39, 0.29) is 24.0 Å². The molecule has 4 aromatic rings. The number of aromatic nitrogens is 4. The predicted octanol–water partition coefficient (Wildman–Crippen LogP) is 3.56. The molecular weight excluding hydrogens is 394 g/mol. The molecule has 0 aliphatic heterocycles. The van der Waals surface area contributed by atoms with Gasteiger partial charge in [-0.15, -0.1) is 5.10 Å². The van der Waals surface area contributed by atoms with Gasteiger partial charge >= 0.3 is 5.69 Å². The van der Waals surface area contributed by atoms with Crippen molar-refractivity contribution < 1.29 is 9.53 Å². The topological polar surface area (TPSA) is 90.5 Å². The summed E-state index contributed by atoms with van der Waals surface area (Å²) in [5, 5.41) is 7.14. The zero-order valence-electron chi connectivity index (χ0n) is 17.8. The van der Waals surface area contributed by atoms with Crippen LogP contribution in [-0.2, 0) is 11.3 Å². The number of amides is 1. The van der Waals surface area contributed by atoms with Gasteiger partial charge in [-0.25, -0.2) is 18.9 Å². The Labute approximate surface area is 179 Å². The fraction of sp³-hybridized carbons (Fsp3) is 0.217. The Bertz CT molecular complexity index is 1330. The SMILES string of the molecule is Cc1cc(C)cc(Oc2nccn3c(=O)n(CC(=O)Nc4cc(C)ccc4C)nc23)c1. The van der Waals surface area contributed by atoms with Crippen molar-refractivity contribution in [1.82, 2.24) is 19.2 Å². The first-order chi connectivity index (χ1) is 14.8. The second-order valence-corrected chi connectivity index (χ2v) is 7.66. The summed E-state index contributed by atoms with van der Waals surface area (Å²) in [6.45, 7) is 7.58. The van der Waals surface area contributed by atoms with Crippen molar-refractivity contribution in [1.29, 1.82) is 0 Å². The average molecular weight is 417 g/mol. The van der Waals surface area contributed by atoms with Gasteiger partial charge in [0.05, 0.1) is 0 Å². The third-order valence-corrected chi connectivity index (χ3v) is 4.84. The molecular formula is C23H23N5O3. The first-order valence-corrected chi connectivity index (χ1v) is 9.87. The molecule has 2 heterocycles. The van der Waals surface area contributed by atoms with E-state index < -0.39 is 5.69 Å². The Hall–Kier alpha value is -3.94. The lowest BCUT2D eigenvalue weighted by Gasteiger charge is -2.09. The van der Waals surface area contributed by atoms with Crippen LogP contribution in [0.5, 0.6) is 11.6 Å². The van der Waals surface area contributed by atoms with E-state index in [2.05, 4.69) is 15.4 Å². The highest BCUT2D eigenvalue weighted by atomic mass is 16.5. The third-order valence-electron chi connectivity index (χ3n) is 4.84. The molecule has 2 aromatic heterocycles. The Kier molecular flexibility index (Phi) is 5.29. The predicted molar refractivity (Wildman–Crippen MR) is 118 cm³/mol. The molecule has 8 heteroatoms. The molecule has 0 saturated carbocycles. The van der Waals surface area contributed by atoms with Crippen LogP contribution in [0.1, 0.15) is 22.3 Å². The van der Waals surface area contributed by atoms with Gasteiger partial charge in [-0.1, -0.05) is 18.2 Å². The molecule has 1 N–H and O–H groups in total. The number of carbonyl (C=O) groups is 1. The van der Waals surface area contributed by atoms with Crippen LogP contribution in [0.25, 0.3) is 5.65 Å². The minimum absolute atomic E-state index is 0.193. The van der Waals surface area contributed by atoms with Gasteiger partial charge in [-0.2, -0.15) is 0 Å². The minimum Gasteiger partial charge on any atom is -0.436 e. The van der Waals surface area contributed by atoms with Gasteiger partial charge in [0.1, 0.15) is 12.3 Å². The van der Waals surface area contributed by atoms with E-state index >= 15 is 0 Å². The molecule has 0 aliphatic carbocycles. The van der Waals surface area contributed by atoms with Gasteiger partial charge < -0.3 is 10.1 Å². The molecule has 0 fully saturated rings. The number of fused-ring (bicyclic) bond motifs is 1. The summed E-state index contributed by atoms with van der Waals surface area (Å²) in [6.07, 6.45) is 2.96. The normalized spacial score (nSPS) is 11.0. The summed E-state index contributed by atoms with van der Waals surface area (Å²) in [4.78, 5) is 29.5. The monoisotopic (exact) mass is 417 g/mol. The van der Waals surface area contributed by atoms with Crippen LogP contribution in [0.15, 0.2) is 53.6 Å². The van der Waals surface area contributed by atoms with Crippen LogP contribution < -0.4 is 15.7 Å². The number of anilines is 1. The highest BCUT2D eigenvalue weighted by molar-refractivity contribution is 5.91. The lowest BCUT2D eigenvalue weighted by atomic mass is 10.1. The zero-order valence-corrected chi connectivity index (χ0v) is 17.8. The molecule has 0 saturated heterocycles. The van der Waals surface area contributed by atoms with Gasteiger partial charge in [-0.3, -0.25) is 4.79 Å². The maximum Gasteiger partial charge on any atom is 0.351 e. The third kappa shape index (κ3) is 4.32. The molecule has 1 amide bonds. The smallest absolute Gasteiger partial charge is 0.351 e. The van der Waals surface area contributed by atoms with Gasteiger partial charge in [0.2, 0.25) is 11.6 Å². The molecule has 0 radical (unpaired) electrons. The van der Waals surface area contributed by atoms with Crippen molar-refractivity contribution in [2.75, 3.05) is 5.32 Å². The van der Waals surface area contributed by atoms with Crippen molar-refractivity contribution in [3.63, 3.8) is 0 Å². The molecule has 0 spiro atoms. The highest BCUT2D eigenvalue weighted by Gasteiger charge is 2.16. The van der Waals surface area contributed by atoms with E-state index in [4.69, 9.17) is 4.74 Å². The molecule has 0 unspecified atom stereocenters. The lowest BCUT2D eigenvalue weighted by Crippen LogP contribution is -2.28. The molecule has 0 bridgehead atoms. The number of carbonyl (C=O) groups excluding carboxylic acids is 1. The van der Waals surface area contributed by atoms with E-state index in [1.165, 1.54) is 16.8 Å². The van der Waals surface area contributed by atoms with E-state index in [0.717, 1.165) is 26.9 Å². The van der Waals surface area contributed by atoms with Gasteiger partial charge in [0, 0.05) is 18.1 Å². The number of hydrogen-bond acceptors (Lipinski definition) is 5. The summed E-state index contributed by atoms with van der Waals surface area (Å²) in [7, 11) is 0. The quantitative estimate of drug-likeness (QED) is 0.536. The molecule has 2 aromatic carbocycles.